The first-order chi connectivity index (χ1) is 20.8. The average Bonchev–Trinajstić information content (AvgIpc) is 3.81. The normalized spacial score (nSPS) is 21.8. The number of hydrogen-bond acceptors (Lipinski definition) is 6. The van der Waals surface area contributed by atoms with E-state index in [2.05, 4.69) is 12.2 Å². The molecule has 2 aliphatic carbocycles. The highest BCUT2D eigenvalue weighted by Gasteiger charge is 2.45. The molecule has 1 aliphatic heterocycles. The van der Waals surface area contributed by atoms with Crippen molar-refractivity contribution in [3.8, 4) is 5.75 Å². The van der Waals surface area contributed by atoms with Crippen LogP contribution in [0.5, 0.6) is 5.75 Å². The van der Waals surface area contributed by atoms with E-state index in [4.69, 9.17) is 14.2 Å². The number of rotatable bonds is 11. The number of amides is 3. The van der Waals surface area contributed by atoms with Crippen LogP contribution in [0.15, 0.2) is 12.1 Å². The summed E-state index contributed by atoms with van der Waals surface area (Å²) in [7, 11) is 1.63. The van der Waals surface area contributed by atoms with Crippen LogP contribution in [0.1, 0.15) is 98.0 Å². The summed E-state index contributed by atoms with van der Waals surface area (Å²) in [4.78, 5) is 44.4. The van der Waals surface area contributed by atoms with Crippen LogP contribution in [0, 0.1) is 17.7 Å². The minimum Gasteiger partial charge on any atom is -0.493 e. The number of likely N-dealkylation sites (tertiary alicyclic amines) is 1. The Hall–Kier alpha value is -2.88. The summed E-state index contributed by atoms with van der Waals surface area (Å²) in [6.07, 6.45) is 7.59. The van der Waals surface area contributed by atoms with Gasteiger partial charge in [0.25, 0.3) is 0 Å². The SMILES string of the molecule is CCc1cc(F)c(N(C(=O)[C@@H]2C[C@H](C(=O)NC3(C)CCCCC3)CN(C(=O)OC(C)(C)C)C2)C2CC2)cc1OCCCOC. The molecule has 0 radical (unpaired) electrons. The lowest BCUT2D eigenvalue weighted by Crippen LogP contribution is -2.56. The van der Waals surface area contributed by atoms with Crippen molar-refractivity contribution in [2.24, 2.45) is 11.8 Å². The standard InChI is InChI=1S/C34H52FN3O6/c1-7-23-19-27(35)28(20-29(23)43-17-11-16-42-6)38(26-12-13-26)31(40)25-18-24(21-37(22-25)32(41)44-33(2,3)4)30(39)36-34(5)14-9-8-10-15-34/h19-20,24-26H,7-18,21-22H2,1-6H3,(H,36,39)/t24-,25+/m0/s1. The first-order valence-electron chi connectivity index (χ1n) is 16.4. The molecule has 0 aromatic heterocycles. The van der Waals surface area contributed by atoms with Gasteiger partial charge in [0.05, 0.1) is 24.1 Å². The van der Waals surface area contributed by atoms with Gasteiger partial charge in [-0.3, -0.25) is 9.59 Å². The van der Waals surface area contributed by atoms with Crippen molar-refractivity contribution in [1.29, 1.82) is 0 Å². The van der Waals surface area contributed by atoms with Crippen molar-refractivity contribution in [2.45, 2.75) is 116 Å². The maximum atomic E-state index is 15.7. The number of aryl methyl sites for hydroxylation is 1. The molecular formula is C34H52FN3O6. The van der Waals surface area contributed by atoms with Crippen molar-refractivity contribution >= 4 is 23.6 Å². The maximum absolute atomic E-state index is 15.7. The lowest BCUT2D eigenvalue weighted by atomic mass is 9.81. The zero-order valence-electron chi connectivity index (χ0n) is 27.5. The number of methoxy groups -OCH3 is 1. The number of carbonyl (C=O) groups is 3. The Balaban J connectivity index is 1.61. The summed E-state index contributed by atoms with van der Waals surface area (Å²) in [5.41, 5.74) is -0.118. The summed E-state index contributed by atoms with van der Waals surface area (Å²) in [5, 5.41) is 3.26. The summed E-state index contributed by atoms with van der Waals surface area (Å²) in [6, 6.07) is 2.95. The van der Waals surface area contributed by atoms with Gasteiger partial charge in [0.1, 0.15) is 17.2 Å². The molecule has 1 saturated heterocycles. The van der Waals surface area contributed by atoms with Crippen LogP contribution >= 0.6 is 0 Å². The number of carbonyl (C=O) groups excluding carboxylic acids is 3. The van der Waals surface area contributed by atoms with E-state index in [0.29, 0.717) is 31.8 Å². The van der Waals surface area contributed by atoms with Gasteiger partial charge in [-0.2, -0.15) is 0 Å². The molecule has 44 heavy (non-hydrogen) atoms. The molecule has 1 aromatic rings. The predicted octanol–water partition coefficient (Wildman–Crippen LogP) is 6.01. The lowest BCUT2D eigenvalue weighted by Gasteiger charge is -2.41. The highest BCUT2D eigenvalue weighted by Crippen LogP contribution is 2.39. The predicted molar refractivity (Wildman–Crippen MR) is 167 cm³/mol. The van der Waals surface area contributed by atoms with Crippen LogP contribution in [0.2, 0.25) is 0 Å². The molecule has 3 fully saturated rings. The van der Waals surface area contributed by atoms with E-state index >= 15 is 4.39 Å². The third-order valence-electron chi connectivity index (χ3n) is 8.87. The van der Waals surface area contributed by atoms with Crippen LogP contribution in [-0.2, 0) is 25.5 Å². The number of halogens is 1. The van der Waals surface area contributed by atoms with Crippen LogP contribution < -0.4 is 15.0 Å². The van der Waals surface area contributed by atoms with Crippen LogP contribution in [0.4, 0.5) is 14.9 Å². The number of ether oxygens (including phenoxy) is 3. The topological polar surface area (TPSA) is 97.4 Å². The van der Waals surface area contributed by atoms with E-state index in [0.717, 1.165) is 50.5 Å². The third kappa shape index (κ3) is 8.86. The highest BCUT2D eigenvalue weighted by molar-refractivity contribution is 5.97. The summed E-state index contributed by atoms with van der Waals surface area (Å²) in [5.74, 6) is -1.64. The molecule has 0 unspecified atom stereocenters. The van der Waals surface area contributed by atoms with E-state index in [-0.39, 0.29) is 48.6 Å². The molecular weight excluding hydrogens is 565 g/mol. The first-order valence-corrected chi connectivity index (χ1v) is 16.4. The highest BCUT2D eigenvalue weighted by atomic mass is 19.1. The van der Waals surface area contributed by atoms with Gasteiger partial charge in [0, 0.05) is 50.9 Å². The number of hydrogen-bond donors (Lipinski definition) is 1. The van der Waals surface area contributed by atoms with Crippen LogP contribution in [0.25, 0.3) is 0 Å². The third-order valence-corrected chi connectivity index (χ3v) is 8.87. The van der Waals surface area contributed by atoms with Crippen molar-refractivity contribution in [3.63, 3.8) is 0 Å². The summed E-state index contributed by atoms with van der Waals surface area (Å²) >= 11 is 0. The zero-order chi connectivity index (χ0) is 32.1. The molecule has 0 spiro atoms. The Bertz CT molecular complexity index is 1170. The monoisotopic (exact) mass is 617 g/mol. The number of benzene rings is 1. The quantitative estimate of drug-likeness (QED) is 0.306. The lowest BCUT2D eigenvalue weighted by molar-refractivity contribution is -0.132. The second-order valence-electron chi connectivity index (χ2n) is 14.0. The average molecular weight is 618 g/mol. The van der Waals surface area contributed by atoms with Crippen molar-refractivity contribution < 1.29 is 33.0 Å². The molecule has 1 aromatic carbocycles. The van der Waals surface area contributed by atoms with Crippen LogP contribution in [0.3, 0.4) is 0 Å². The number of piperidine rings is 1. The molecule has 2 atom stereocenters. The van der Waals surface area contributed by atoms with E-state index in [1.165, 1.54) is 11.0 Å². The van der Waals surface area contributed by atoms with Gasteiger partial charge in [-0.1, -0.05) is 26.2 Å². The fraction of sp³-hybridized carbons (Fsp3) is 0.735. The van der Waals surface area contributed by atoms with Gasteiger partial charge in [-0.05, 0) is 77.8 Å². The Kier molecular flexibility index (Phi) is 11.2. The second kappa shape index (κ2) is 14.5. The van der Waals surface area contributed by atoms with Gasteiger partial charge >= 0.3 is 6.09 Å². The molecule has 246 valence electrons. The smallest absolute Gasteiger partial charge is 0.410 e. The maximum Gasteiger partial charge on any atom is 0.410 e. The summed E-state index contributed by atoms with van der Waals surface area (Å²) in [6.45, 7) is 10.6. The zero-order valence-corrected chi connectivity index (χ0v) is 27.5. The molecule has 9 nitrogen and oxygen atoms in total. The fourth-order valence-electron chi connectivity index (χ4n) is 6.39. The Labute approximate surface area is 262 Å². The van der Waals surface area contributed by atoms with Crippen LogP contribution in [-0.4, -0.2) is 73.4 Å². The van der Waals surface area contributed by atoms with E-state index < -0.39 is 29.3 Å². The minimum atomic E-state index is -0.731. The first kappa shape index (κ1) is 34.0. The van der Waals surface area contributed by atoms with E-state index in [1.54, 1.807) is 38.8 Å². The van der Waals surface area contributed by atoms with Crippen molar-refractivity contribution in [1.82, 2.24) is 10.2 Å². The van der Waals surface area contributed by atoms with Gasteiger partial charge in [0.2, 0.25) is 11.8 Å². The largest absolute Gasteiger partial charge is 0.493 e. The molecule has 10 heteroatoms. The second-order valence-corrected chi connectivity index (χ2v) is 14.0. The van der Waals surface area contributed by atoms with Crippen molar-refractivity contribution in [3.05, 3.63) is 23.5 Å². The van der Waals surface area contributed by atoms with E-state index in [9.17, 15) is 14.4 Å². The minimum absolute atomic E-state index is 0.104. The fourth-order valence-corrected chi connectivity index (χ4v) is 6.39. The summed E-state index contributed by atoms with van der Waals surface area (Å²) < 4.78 is 32.5. The van der Waals surface area contributed by atoms with Gasteiger partial charge in [0.15, 0.2) is 0 Å². The molecule has 0 bridgehead atoms. The Morgan fingerprint density at radius 2 is 1.75 bits per heavy atom. The molecule has 4 rings (SSSR count). The molecule has 3 aliphatic rings. The molecule has 1 N–H and O–H groups in total. The van der Waals surface area contributed by atoms with Crippen molar-refractivity contribution in [2.75, 3.05) is 38.3 Å². The molecule has 1 heterocycles. The Morgan fingerprint density at radius 1 is 1.07 bits per heavy atom. The number of nitrogens with zero attached hydrogens (tertiary/aromatic N) is 2. The van der Waals surface area contributed by atoms with Gasteiger partial charge in [-0.15, -0.1) is 0 Å². The molecule has 2 saturated carbocycles. The van der Waals surface area contributed by atoms with Gasteiger partial charge in [-0.25, -0.2) is 9.18 Å². The number of nitrogens with one attached hydrogen (secondary N) is 1. The van der Waals surface area contributed by atoms with Gasteiger partial charge < -0.3 is 29.3 Å². The Morgan fingerprint density at radius 3 is 2.36 bits per heavy atom. The molecule has 3 amide bonds. The number of anilines is 1. The van der Waals surface area contributed by atoms with E-state index in [1.807, 2.05) is 6.92 Å².